The number of thiol groups is 2. The predicted octanol–water partition coefficient (Wildman–Crippen LogP) is 1.17. The van der Waals surface area contributed by atoms with Crippen molar-refractivity contribution in [3.63, 3.8) is 0 Å². The monoisotopic (exact) mass is 689 g/mol. The van der Waals surface area contributed by atoms with Gasteiger partial charge >= 0.3 is 13.6 Å². The molecule has 3 saturated heterocycles. The van der Waals surface area contributed by atoms with Gasteiger partial charge in [-0.15, -0.1) is 0 Å². The highest BCUT2D eigenvalue weighted by atomic mass is 32.7. The molecule has 3 fully saturated rings. The Morgan fingerprint density at radius 3 is 2.43 bits per heavy atom. The molecule has 3 aliphatic rings. The summed E-state index contributed by atoms with van der Waals surface area (Å²) >= 11 is 8.26. The number of rotatable bonds is 2. The maximum Gasteiger partial charge on any atom is 0.386 e. The lowest BCUT2D eigenvalue weighted by atomic mass is 10.1. The van der Waals surface area contributed by atoms with Crippen LogP contribution in [0.1, 0.15) is 18.9 Å². The van der Waals surface area contributed by atoms with Crippen LogP contribution in [0.3, 0.4) is 0 Å². The second-order valence-corrected chi connectivity index (χ2v) is 15.9. The van der Waals surface area contributed by atoms with Gasteiger partial charge in [0.05, 0.1) is 37.7 Å². The number of nitrogens with two attached hydrogens (primary N) is 2. The normalized spacial score (nSPS) is 36.6. The van der Waals surface area contributed by atoms with Gasteiger partial charge in [-0.2, -0.15) is 4.98 Å². The zero-order valence-electron chi connectivity index (χ0n) is 22.2. The zero-order chi connectivity index (χ0) is 31.0. The molecular formula is C21H25N9O10P2S2. The molecule has 0 saturated carbocycles. The Morgan fingerprint density at radius 1 is 0.932 bits per heavy atom. The first-order chi connectivity index (χ1) is 20.9. The Balaban J connectivity index is 1.19. The van der Waals surface area contributed by atoms with Crippen molar-refractivity contribution in [2.45, 2.75) is 49.4 Å². The van der Waals surface area contributed by atoms with Gasteiger partial charge in [0.2, 0.25) is 5.95 Å². The van der Waals surface area contributed by atoms with E-state index in [9.17, 15) is 19.0 Å². The molecule has 9 atom stereocenters. The minimum atomic E-state index is -4.18. The molecule has 0 amide bonds. The SMILES string of the molecule is Nc1nc2c(ncn2[C@@H]2O[C@@H]3CO[P@@](=O)(S)OC4[C@@H](CO[P@@](=O)(S)OC2C3)O[C@@H](n2cnc3c(N)ccnc32)[C@H]4O)c(=O)[nH]1. The van der Waals surface area contributed by atoms with E-state index in [4.69, 9.17) is 39.0 Å². The predicted molar refractivity (Wildman–Crippen MR) is 158 cm³/mol. The number of ether oxygens (including phenoxy) is 2. The molecule has 19 nitrogen and oxygen atoms in total. The summed E-state index contributed by atoms with van der Waals surface area (Å²) < 4.78 is 64.4. The quantitative estimate of drug-likeness (QED) is 0.128. The van der Waals surface area contributed by atoms with Gasteiger partial charge in [0.1, 0.15) is 29.9 Å². The number of nitrogen functional groups attached to an aromatic ring is 2. The molecule has 0 aliphatic carbocycles. The Morgan fingerprint density at radius 2 is 1.64 bits per heavy atom. The lowest BCUT2D eigenvalue weighted by Gasteiger charge is -2.26. The van der Waals surface area contributed by atoms with Gasteiger partial charge in [-0.3, -0.25) is 37.0 Å². The Labute approximate surface area is 256 Å². The van der Waals surface area contributed by atoms with Crippen molar-refractivity contribution >= 4 is 72.1 Å². The first-order valence-electron chi connectivity index (χ1n) is 13.0. The molecule has 6 N–H and O–H groups in total. The highest BCUT2D eigenvalue weighted by Gasteiger charge is 2.51. The number of aromatic amines is 1. The summed E-state index contributed by atoms with van der Waals surface area (Å²) in [7, 11) is 0. The minimum absolute atomic E-state index is 0.0182. The molecule has 7 rings (SSSR count). The van der Waals surface area contributed by atoms with Crippen LogP contribution in [0, 0.1) is 0 Å². The van der Waals surface area contributed by atoms with E-state index < -0.39 is 68.7 Å². The average Bonchev–Trinajstić information content (AvgIpc) is 3.72. The first kappa shape index (κ1) is 30.1. The van der Waals surface area contributed by atoms with E-state index >= 15 is 0 Å². The number of pyridine rings is 1. The number of fused-ring (bicyclic) bond motifs is 5. The topological polar surface area (TPSA) is 256 Å². The van der Waals surface area contributed by atoms with E-state index in [0.717, 1.165) is 0 Å². The summed E-state index contributed by atoms with van der Waals surface area (Å²) in [5, 5.41) is 11.3. The van der Waals surface area contributed by atoms with Crippen LogP contribution in [0.4, 0.5) is 11.6 Å². The fourth-order valence-electron chi connectivity index (χ4n) is 5.38. The van der Waals surface area contributed by atoms with Crippen LogP contribution in [0.25, 0.3) is 22.3 Å². The van der Waals surface area contributed by atoms with Crippen molar-refractivity contribution in [1.82, 2.24) is 34.1 Å². The van der Waals surface area contributed by atoms with Crippen LogP contribution in [-0.2, 0) is 36.7 Å². The highest BCUT2D eigenvalue weighted by Crippen LogP contribution is 2.60. The number of aliphatic hydroxyl groups excluding tert-OH is 1. The second kappa shape index (κ2) is 11.1. The lowest BCUT2D eigenvalue weighted by molar-refractivity contribution is -0.0571. The van der Waals surface area contributed by atoms with Crippen molar-refractivity contribution in [3.05, 3.63) is 35.3 Å². The maximum atomic E-state index is 13.5. The largest absolute Gasteiger partial charge is 0.397 e. The summed E-state index contributed by atoms with van der Waals surface area (Å²) in [6.07, 6.45) is -3.79. The third-order valence-electron chi connectivity index (χ3n) is 7.29. The Kier molecular flexibility index (Phi) is 7.57. The highest BCUT2D eigenvalue weighted by molar-refractivity contribution is 8.44. The Hall–Kier alpha value is -2.55. The maximum absolute atomic E-state index is 13.5. The van der Waals surface area contributed by atoms with Gasteiger partial charge in [0, 0.05) is 12.6 Å². The van der Waals surface area contributed by atoms with Crippen LogP contribution >= 0.6 is 38.1 Å². The third-order valence-corrected chi connectivity index (χ3v) is 10.6. The van der Waals surface area contributed by atoms with Gasteiger partial charge < -0.3 is 26.0 Å². The molecule has 4 aromatic rings. The standard InChI is InChI=1S/C21H25N9O10P2S2/c22-9-1-2-24-16-12(9)25-6-29(16)20-14(31)15-11(38-20)5-36-41(33,43)39-10-3-8(4-35-42(34,44)40-15)37-19(10)30-7-26-13-17(30)27-21(23)28-18(13)32/h1-2,6-8,10-11,14-15,19-20,31H,3-5H2,(H2,22,24)(H,33,43)(H,34,44)(H3,23,27,28,32)/t8-,10?,11+,14-,15?,19+,20+,41+,42+/m0/s1. The van der Waals surface area contributed by atoms with Crippen molar-refractivity contribution in [2.24, 2.45) is 0 Å². The van der Waals surface area contributed by atoms with Gasteiger partial charge in [-0.05, 0) is 6.07 Å². The van der Waals surface area contributed by atoms with Gasteiger partial charge in [-0.1, -0.05) is 24.5 Å². The van der Waals surface area contributed by atoms with E-state index in [-0.39, 0.29) is 30.1 Å². The van der Waals surface area contributed by atoms with E-state index in [1.54, 1.807) is 6.07 Å². The third kappa shape index (κ3) is 5.45. The number of aromatic nitrogens is 7. The van der Waals surface area contributed by atoms with Crippen molar-refractivity contribution < 1.29 is 41.8 Å². The smallest absolute Gasteiger partial charge is 0.386 e. The second-order valence-electron chi connectivity index (χ2n) is 10.2. The number of aliphatic hydroxyl groups is 1. The molecule has 44 heavy (non-hydrogen) atoms. The molecule has 0 aromatic carbocycles. The minimum Gasteiger partial charge on any atom is -0.397 e. The zero-order valence-corrected chi connectivity index (χ0v) is 25.8. The number of imidazole rings is 2. The molecule has 23 heteroatoms. The summed E-state index contributed by atoms with van der Waals surface area (Å²) in [5.74, 6) is -0.160. The first-order valence-corrected chi connectivity index (χ1v) is 18.4. The molecule has 0 radical (unpaired) electrons. The van der Waals surface area contributed by atoms with E-state index in [2.05, 4.69) is 49.4 Å². The summed E-state index contributed by atoms with van der Waals surface area (Å²) in [5.41, 5.74) is 12.2. The van der Waals surface area contributed by atoms with Crippen molar-refractivity contribution in [3.8, 4) is 0 Å². The summed E-state index contributed by atoms with van der Waals surface area (Å²) in [4.78, 5) is 31.4. The fraction of sp³-hybridized carbons (Fsp3) is 0.476. The fourth-order valence-corrected chi connectivity index (χ4v) is 8.38. The molecule has 2 unspecified atom stereocenters. The van der Waals surface area contributed by atoms with Crippen LogP contribution in [-0.4, -0.2) is 82.9 Å². The molecule has 2 bridgehead atoms. The number of H-pyrrole nitrogens is 1. The Bertz CT molecular complexity index is 1910. The molecule has 4 aromatic heterocycles. The number of anilines is 2. The number of hydrogen-bond acceptors (Lipinski definition) is 16. The van der Waals surface area contributed by atoms with Gasteiger partial charge in [0.25, 0.3) is 5.56 Å². The molecular weight excluding hydrogens is 664 g/mol. The molecule has 0 spiro atoms. The molecule has 7 heterocycles. The summed E-state index contributed by atoms with van der Waals surface area (Å²) in [6, 6.07) is 1.57. The summed E-state index contributed by atoms with van der Waals surface area (Å²) in [6.45, 7) is -9.15. The van der Waals surface area contributed by atoms with E-state index in [0.29, 0.717) is 16.9 Å². The number of nitrogens with zero attached hydrogens (tertiary/aromatic N) is 6. The number of nitrogens with one attached hydrogen (secondary N) is 1. The molecule has 3 aliphatic heterocycles. The lowest BCUT2D eigenvalue weighted by Crippen LogP contribution is -2.35. The van der Waals surface area contributed by atoms with Gasteiger partial charge in [-0.25, -0.2) is 24.1 Å². The van der Waals surface area contributed by atoms with Crippen molar-refractivity contribution in [2.75, 3.05) is 24.7 Å². The number of hydrogen-bond donors (Lipinski definition) is 6. The molecule has 236 valence electrons. The van der Waals surface area contributed by atoms with Crippen LogP contribution < -0.4 is 17.0 Å². The average molecular weight is 690 g/mol. The van der Waals surface area contributed by atoms with Crippen LogP contribution in [0.2, 0.25) is 0 Å². The van der Waals surface area contributed by atoms with E-state index in [1.807, 2.05) is 0 Å². The van der Waals surface area contributed by atoms with Gasteiger partial charge in [0.15, 0.2) is 29.3 Å². The van der Waals surface area contributed by atoms with Crippen molar-refractivity contribution in [1.29, 1.82) is 0 Å². The van der Waals surface area contributed by atoms with Crippen LogP contribution in [0.15, 0.2) is 29.7 Å². The van der Waals surface area contributed by atoms with Crippen LogP contribution in [0.5, 0.6) is 0 Å². The van der Waals surface area contributed by atoms with E-state index in [1.165, 1.54) is 28.0 Å².